The minimum atomic E-state index is -0.427. The molecule has 7 heteroatoms. The first kappa shape index (κ1) is 15.1. The molecule has 0 saturated carbocycles. The van der Waals surface area contributed by atoms with Gasteiger partial charge in [-0.25, -0.2) is 9.37 Å². The number of thiazole rings is 1. The van der Waals surface area contributed by atoms with Gasteiger partial charge in [0.2, 0.25) is 0 Å². The predicted molar refractivity (Wildman–Crippen MR) is 87.9 cm³/mol. The van der Waals surface area contributed by atoms with Crippen LogP contribution in [0.25, 0.3) is 11.3 Å². The van der Waals surface area contributed by atoms with Crippen molar-refractivity contribution in [2.45, 2.75) is 6.54 Å². The molecule has 0 saturated heterocycles. The highest BCUT2D eigenvalue weighted by Gasteiger charge is 2.10. The number of nitrogens with zero attached hydrogens (tertiary/aromatic N) is 2. The van der Waals surface area contributed by atoms with E-state index >= 15 is 0 Å². The molecule has 5 nitrogen and oxygen atoms in total. The first-order valence-electron chi connectivity index (χ1n) is 6.80. The summed E-state index contributed by atoms with van der Waals surface area (Å²) in [6.45, 7) is 0.530. The van der Waals surface area contributed by atoms with Gasteiger partial charge in [-0.1, -0.05) is 24.3 Å². The summed E-state index contributed by atoms with van der Waals surface area (Å²) in [5, 5.41) is 16.5. The van der Waals surface area contributed by atoms with E-state index in [9.17, 15) is 14.5 Å². The van der Waals surface area contributed by atoms with Crippen LogP contribution in [0.1, 0.15) is 5.56 Å². The summed E-state index contributed by atoms with van der Waals surface area (Å²) in [4.78, 5) is 14.8. The number of non-ortho nitro benzene ring substituents is 1. The van der Waals surface area contributed by atoms with Crippen molar-refractivity contribution in [2.24, 2.45) is 0 Å². The highest BCUT2D eigenvalue weighted by Crippen LogP contribution is 2.27. The SMILES string of the molecule is O=[N+]([O-])c1cccc(-c2csc(NCc3ccc(F)cc3)n2)c1. The van der Waals surface area contributed by atoms with Crippen LogP contribution in [-0.4, -0.2) is 9.91 Å². The van der Waals surface area contributed by atoms with Crippen LogP contribution in [0.3, 0.4) is 0 Å². The third kappa shape index (κ3) is 3.70. The molecule has 0 atom stereocenters. The molecule has 0 aliphatic heterocycles. The molecule has 23 heavy (non-hydrogen) atoms. The largest absolute Gasteiger partial charge is 0.357 e. The lowest BCUT2D eigenvalue weighted by Gasteiger charge is -2.02. The molecule has 116 valence electrons. The molecular formula is C16H12FN3O2S. The van der Waals surface area contributed by atoms with Crippen molar-refractivity contribution in [3.63, 3.8) is 0 Å². The number of halogens is 1. The van der Waals surface area contributed by atoms with Crippen LogP contribution >= 0.6 is 11.3 Å². The summed E-state index contributed by atoms with van der Waals surface area (Å²) in [5.74, 6) is -0.268. The molecule has 0 spiro atoms. The molecule has 2 aromatic carbocycles. The lowest BCUT2D eigenvalue weighted by atomic mass is 10.1. The average Bonchev–Trinajstić information content (AvgIpc) is 3.03. The lowest BCUT2D eigenvalue weighted by molar-refractivity contribution is -0.384. The van der Waals surface area contributed by atoms with Crippen molar-refractivity contribution >= 4 is 22.2 Å². The number of hydrogen-bond acceptors (Lipinski definition) is 5. The van der Waals surface area contributed by atoms with Crippen LogP contribution in [0, 0.1) is 15.9 Å². The molecule has 0 aliphatic rings. The molecule has 0 unspecified atom stereocenters. The predicted octanol–water partition coefficient (Wildman–Crippen LogP) is 4.47. The Hall–Kier alpha value is -2.80. The molecule has 3 rings (SSSR count). The molecule has 0 bridgehead atoms. The number of nitrogens with one attached hydrogen (secondary N) is 1. The summed E-state index contributed by atoms with van der Waals surface area (Å²) in [6, 6.07) is 12.6. The summed E-state index contributed by atoms with van der Waals surface area (Å²) in [5.41, 5.74) is 2.36. The normalized spacial score (nSPS) is 10.5. The Morgan fingerprint density at radius 2 is 2.00 bits per heavy atom. The van der Waals surface area contributed by atoms with Crippen molar-refractivity contribution < 1.29 is 9.31 Å². The highest BCUT2D eigenvalue weighted by molar-refractivity contribution is 7.14. The standard InChI is InChI=1S/C16H12FN3O2S/c17-13-6-4-11(5-7-13)9-18-16-19-15(10-23-16)12-2-1-3-14(8-12)20(21)22/h1-8,10H,9H2,(H,18,19). The molecule has 0 amide bonds. The summed E-state index contributed by atoms with van der Waals surface area (Å²) >= 11 is 1.41. The smallest absolute Gasteiger partial charge is 0.270 e. The fourth-order valence-corrected chi connectivity index (χ4v) is 2.76. The summed E-state index contributed by atoms with van der Waals surface area (Å²) in [6.07, 6.45) is 0. The van der Waals surface area contributed by atoms with E-state index in [-0.39, 0.29) is 11.5 Å². The number of anilines is 1. The zero-order chi connectivity index (χ0) is 16.2. The van der Waals surface area contributed by atoms with Crippen molar-refractivity contribution in [2.75, 3.05) is 5.32 Å². The zero-order valence-electron chi connectivity index (χ0n) is 11.9. The quantitative estimate of drug-likeness (QED) is 0.554. The number of hydrogen-bond donors (Lipinski definition) is 1. The second-order valence-electron chi connectivity index (χ2n) is 4.83. The van der Waals surface area contributed by atoms with Gasteiger partial charge in [-0.3, -0.25) is 10.1 Å². The fraction of sp³-hybridized carbons (Fsp3) is 0.0625. The Labute approximate surface area is 135 Å². The average molecular weight is 329 g/mol. The first-order chi connectivity index (χ1) is 11.1. The Kier molecular flexibility index (Phi) is 4.29. The van der Waals surface area contributed by atoms with Gasteiger partial charge in [-0.2, -0.15) is 0 Å². The van der Waals surface area contributed by atoms with E-state index in [0.717, 1.165) is 5.56 Å². The Morgan fingerprint density at radius 3 is 2.74 bits per heavy atom. The molecule has 1 N–H and O–H groups in total. The summed E-state index contributed by atoms with van der Waals surface area (Å²) in [7, 11) is 0. The third-order valence-corrected chi connectivity index (χ3v) is 4.01. The van der Waals surface area contributed by atoms with Gasteiger partial charge < -0.3 is 5.32 Å². The molecule has 0 aliphatic carbocycles. The van der Waals surface area contributed by atoms with Gasteiger partial charge in [0.05, 0.1) is 10.6 Å². The van der Waals surface area contributed by atoms with E-state index < -0.39 is 4.92 Å². The fourth-order valence-electron chi connectivity index (χ4n) is 2.05. The monoisotopic (exact) mass is 329 g/mol. The van der Waals surface area contributed by atoms with Crippen LogP contribution < -0.4 is 5.32 Å². The third-order valence-electron chi connectivity index (χ3n) is 3.21. The van der Waals surface area contributed by atoms with Crippen LogP contribution in [0.2, 0.25) is 0 Å². The van der Waals surface area contributed by atoms with Crippen LogP contribution in [0.4, 0.5) is 15.2 Å². The Bertz CT molecular complexity index is 833. The number of rotatable bonds is 5. The second-order valence-corrected chi connectivity index (χ2v) is 5.68. The topological polar surface area (TPSA) is 68.1 Å². The van der Waals surface area contributed by atoms with Crippen LogP contribution in [0.5, 0.6) is 0 Å². The Balaban J connectivity index is 1.71. The minimum Gasteiger partial charge on any atom is -0.357 e. The van der Waals surface area contributed by atoms with Gasteiger partial charge >= 0.3 is 0 Å². The first-order valence-corrected chi connectivity index (χ1v) is 7.68. The molecule has 1 aromatic heterocycles. The van der Waals surface area contributed by atoms with Gasteiger partial charge in [0.1, 0.15) is 5.82 Å². The lowest BCUT2D eigenvalue weighted by Crippen LogP contribution is -1.98. The van der Waals surface area contributed by atoms with Crippen LogP contribution in [-0.2, 0) is 6.54 Å². The number of aromatic nitrogens is 1. The van der Waals surface area contributed by atoms with E-state index in [2.05, 4.69) is 10.3 Å². The maximum absolute atomic E-state index is 12.9. The summed E-state index contributed by atoms with van der Waals surface area (Å²) < 4.78 is 12.9. The van der Waals surface area contributed by atoms with Gasteiger partial charge in [0.25, 0.3) is 5.69 Å². The van der Waals surface area contributed by atoms with Crippen molar-refractivity contribution in [3.8, 4) is 11.3 Å². The maximum Gasteiger partial charge on any atom is 0.270 e. The maximum atomic E-state index is 12.9. The van der Waals surface area contributed by atoms with E-state index in [0.29, 0.717) is 22.9 Å². The van der Waals surface area contributed by atoms with Crippen LogP contribution in [0.15, 0.2) is 53.9 Å². The number of benzene rings is 2. The number of nitro benzene ring substituents is 1. The van der Waals surface area contributed by atoms with Crippen molar-refractivity contribution in [1.29, 1.82) is 0 Å². The number of nitro groups is 1. The molecular weight excluding hydrogens is 317 g/mol. The van der Waals surface area contributed by atoms with E-state index in [1.807, 2.05) is 5.38 Å². The van der Waals surface area contributed by atoms with E-state index in [4.69, 9.17) is 0 Å². The van der Waals surface area contributed by atoms with Crippen molar-refractivity contribution in [3.05, 3.63) is 75.4 Å². The van der Waals surface area contributed by atoms with Gasteiger partial charge in [-0.15, -0.1) is 11.3 Å². The van der Waals surface area contributed by atoms with Gasteiger partial charge in [-0.05, 0) is 17.7 Å². The van der Waals surface area contributed by atoms with Gasteiger partial charge in [0.15, 0.2) is 5.13 Å². The van der Waals surface area contributed by atoms with Crippen molar-refractivity contribution in [1.82, 2.24) is 4.98 Å². The van der Waals surface area contributed by atoms with E-state index in [1.165, 1.54) is 35.6 Å². The highest BCUT2D eigenvalue weighted by atomic mass is 32.1. The molecule has 3 aromatic rings. The molecule has 0 fully saturated rings. The zero-order valence-corrected chi connectivity index (χ0v) is 12.7. The molecule has 1 heterocycles. The Morgan fingerprint density at radius 1 is 1.22 bits per heavy atom. The van der Waals surface area contributed by atoms with E-state index in [1.54, 1.807) is 24.3 Å². The second kappa shape index (κ2) is 6.53. The van der Waals surface area contributed by atoms with Gasteiger partial charge in [0, 0.05) is 29.6 Å². The minimum absolute atomic E-state index is 0.0383. The molecule has 0 radical (unpaired) electrons.